The van der Waals surface area contributed by atoms with Gasteiger partial charge in [0.15, 0.2) is 0 Å². The molecule has 1 aromatic heterocycles. The van der Waals surface area contributed by atoms with Gasteiger partial charge in [-0.05, 0) is 40.8 Å². The molecule has 1 N–H and O–H groups in total. The molecule has 1 aliphatic rings. The summed E-state index contributed by atoms with van der Waals surface area (Å²) in [5.41, 5.74) is 0. The number of aliphatic hydroxyl groups is 1. The Kier molecular flexibility index (Phi) is 4.65. The van der Waals surface area contributed by atoms with Crippen molar-refractivity contribution in [3.05, 3.63) is 22.6 Å². The van der Waals surface area contributed by atoms with E-state index in [1.807, 2.05) is 0 Å². The van der Waals surface area contributed by atoms with Crippen LogP contribution >= 0.6 is 15.9 Å². The van der Waals surface area contributed by atoms with E-state index in [4.69, 9.17) is 9.15 Å². The minimum absolute atomic E-state index is 0.169. The smallest absolute Gasteiger partial charge is 0.149 e. The predicted molar refractivity (Wildman–Crippen MR) is 68.7 cm³/mol. The summed E-state index contributed by atoms with van der Waals surface area (Å²) < 4.78 is 11.6. The molecule has 3 nitrogen and oxygen atoms in total. The summed E-state index contributed by atoms with van der Waals surface area (Å²) in [7, 11) is 1.67. The number of halogens is 1. The normalized spacial score (nSPS) is 21.4. The molecule has 2 atom stereocenters. The topological polar surface area (TPSA) is 42.6 Å². The van der Waals surface area contributed by atoms with Crippen LogP contribution in [0.5, 0.6) is 0 Å². The maximum Gasteiger partial charge on any atom is 0.149 e. The minimum Gasteiger partial charge on any atom is -0.465 e. The number of rotatable bonds is 4. The molecule has 1 aromatic rings. The second kappa shape index (κ2) is 6.03. The zero-order valence-corrected chi connectivity index (χ0v) is 11.6. The summed E-state index contributed by atoms with van der Waals surface area (Å²) in [6, 6.07) is 1.80. The number of hydrogen-bond donors (Lipinski definition) is 1. The standard InChI is InChI=1S/C13H19BrO3/c1-16-12(9-5-3-2-4-6-9)11(15)13-10(14)7-8-17-13/h7-9,11-12,15H,2-6H2,1H3. The van der Waals surface area contributed by atoms with Gasteiger partial charge in [-0.25, -0.2) is 0 Å². The van der Waals surface area contributed by atoms with Gasteiger partial charge < -0.3 is 14.3 Å². The summed E-state index contributed by atoms with van der Waals surface area (Å²) in [5.74, 6) is 1.00. The Balaban J connectivity index is 2.09. The molecule has 17 heavy (non-hydrogen) atoms. The average Bonchev–Trinajstić information content (AvgIpc) is 2.77. The first-order valence-corrected chi connectivity index (χ1v) is 6.97. The lowest BCUT2D eigenvalue weighted by atomic mass is 9.83. The van der Waals surface area contributed by atoms with Crippen molar-refractivity contribution in [3.63, 3.8) is 0 Å². The molecule has 1 aliphatic carbocycles. The Morgan fingerprint density at radius 2 is 2.12 bits per heavy atom. The SMILES string of the molecule is COC(C1CCCCC1)C(O)c1occc1Br. The Morgan fingerprint density at radius 3 is 2.65 bits per heavy atom. The van der Waals surface area contributed by atoms with Crippen molar-refractivity contribution < 1.29 is 14.3 Å². The van der Waals surface area contributed by atoms with Crippen LogP contribution in [0.25, 0.3) is 0 Å². The fraction of sp³-hybridized carbons (Fsp3) is 0.692. The summed E-state index contributed by atoms with van der Waals surface area (Å²) in [6.07, 6.45) is 6.75. The van der Waals surface area contributed by atoms with E-state index < -0.39 is 6.10 Å². The van der Waals surface area contributed by atoms with E-state index in [9.17, 15) is 5.11 Å². The van der Waals surface area contributed by atoms with Crippen LogP contribution in [0.1, 0.15) is 44.0 Å². The Morgan fingerprint density at radius 1 is 1.41 bits per heavy atom. The van der Waals surface area contributed by atoms with Crippen LogP contribution in [0, 0.1) is 5.92 Å². The van der Waals surface area contributed by atoms with Crippen LogP contribution < -0.4 is 0 Å². The summed E-state index contributed by atoms with van der Waals surface area (Å²) >= 11 is 3.38. The minimum atomic E-state index is -0.688. The molecule has 1 fully saturated rings. The van der Waals surface area contributed by atoms with E-state index in [0.29, 0.717) is 11.7 Å². The highest BCUT2D eigenvalue weighted by Crippen LogP contribution is 2.36. The third-order valence-corrected chi connectivity index (χ3v) is 4.27. The highest BCUT2D eigenvalue weighted by Gasteiger charge is 2.33. The molecule has 96 valence electrons. The molecule has 0 amide bonds. The van der Waals surface area contributed by atoms with Gasteiger partial charge in [0.05, 0.1) is 16.8 Å². The van der Waals surface area contributed by atoms with Gasteiger partial charge in [-0.3, -0.25) is 0 Å². The number of methoxy groups -OCH3 is 1. The van der Waals surface area contributed by atoms with Gasteiger partial charge >= 0.3 is 0 Å². The molecular formula is C13H19BrO3. The van der Waals surface area contributed by atoms with Crippen LogP contribution in [0.4, 0.5) is 0 Å². The van der Waals surface area contributed by atoms with E-state index >= 15 is 0 Å². The number of hydrogen-bond acceptors (Lipinski definition) is 3. The van der Waals surface area contributed by atoms with Gasteiger partial charge in [0, 0.05) is 7.11 Å². The second-order valence-electron chi connectivity index (χ2n) is 4.68. The number of furan rings is 1. The molecule has 4 heteroatoms. The molecular weight excluding hydrogens is 284 g/mol. The summed E-state index contributed by atoms with van der Waals surface area (Å²) in [5, 5.41) is 10.4. The van der Waals surface area contributed by atoms with Crippen molar-refractivity contribution in [2.45, 2.75) is 44.3 Å². The van der Waals surface area contributed by atoms with Crippen LogP contribution in [0.3, 0.4) is 0 Å². The summed E-state index contributed by atoms with van der Waals surface area (Å²) in [6.45, 7) is 0. The fourth-order valence-electron chi connectivity index (χ4n) is 2.71. The van der Waals surface area contributed by atoms with Crippen LogP contribution in [-0.4, -0.2) is 18.3 Å². The molecule has 1 saturated carbocycles. The first-order valence-electron chi connectivity index (χ1n) is 6.17. The van der Waals surface area contributed by atoms with Crippen LogP contribution in [0.15, 0.2) is 21.2 Å². The lowest BCUT2D eigenvalue weighted by Crippen LogP contribution is -2.31. The molecule has 0 aliphatic heterocycles. The molecule has 0 spiro atoms. The highest BCUT2D eigenvalue weighted by molar-refractivity contribution is 9.10. The first kappa shape index (κ1) is 13.1. The number of ether oxygens (including phenoxy) is 1. The molecule has 0 saturated heterocycles. The monoisotopic (exact) mass is 302 g/mol. The fourth-order valence-corrected chi connectivity index (χ4v) is 3.14. The summed E-state index contributed by atoms with van der Waals surface area (Å²) in [4.78, 5) is 0. The first-order chi connectivity index (χ1) is 8.24. The predicted octanol–water partition coefficient (Wildman–Crippen LogP) is 3.67. The Labute approximate surface area is 110 Å². The van der Waals surface area contributed by atoms with Crippen molar-refractivity contribution in [1.82, 2.24) is 0 Å². The van der Waals surface area contributed by atoms with Gasteiger partial charge in [0.2, 0.25) is 0 Å². The van der Waals surface area contributed by atoms with E-state index in [2.05, 4.69) is 15.9 Å². The number of aliphatic hydroxyl groups excluding tert-OH is 1. The van der Waals surface area contributed by atoms with Crippen LogP contribution in [0.2, 0.25) is 0 Å². The van der Waals surface area contributed by atoms with E-state index in [1.165, 1.54) is 19.3 Å². The Hall–Kier alpha value is -0.320. The lowest BCUT2D eigenvalue weighted by Gasteiger charge is -2.31. The van der Waals surface area contributed by atoms with Crippen molar-refractivity contribution in [2.24, 2.45) is 5.92 Å². The van der Waals surface area contributed by atoms with Crippen molar-refractivity contribution in [1.29, 1.82) is 0 Å². The van der Waals surface area contributed by atoms with Gasteiger partial charge in [-0.1, -0.05) is 19.3 Å². The van der Waals surface area contributed by atoms with Crippen molar-refractivity contribution in [2.75, 3.05) is 7.11 Å². The molecule has 1 heterocycles. The van der Waals surface area contributed by atoms with Gasteiger partial charge in [-0.15, -0.1) is 0 Å². The Bertz CT molecular complexity index is 344. The van der Waals surface area contributed by atoms with Gasteiger partial charge in [-0.2, -0.15) is 0 Å². The third-order valence-electron chi connectivity index (χ3n) is 3.61. The third kappa shape index (κ3) is 2.92. The zero-order valence-electron chi connectivity index (χ0n) is 10.1. The van der Waals surface area contributed by atoms with Gasteiger partial charge in [0.1, 0.15) is 11.9 Å². The van der Waals surface area contributed by atoms with E-state index in [0.717, 1.165) is 17.3 Å². The van der Waals surface area contributed by atoms with Crippen LogP contribution in [-0.2, 0) is 4.74 Å². The quantitative estimate of drug-likeness (QED) is 0.923. The maximum absolute atomic E-state index is 10.4. The maximum atomic E-state index is 10.4. The molecule has 2 rings (SSSR count). The highest BCUT2D eigenvalue weighted by atomic mass is 79.9. The molecule has 0 radical (unpaired) electrons. The van der Waals surface area contributed by atoms with E-state index in [-0.39, 0.29) is 6.10 Å². The molecule has 0 aromatic carbocycles. The van der Waals surface area contributed by atoms with Gasteiger partial charge in [0.25, 0.3) is 0 Å². The second-order valence-corrected chi connectivity index (χ2v) is 5.53. The van der Waals surface area contributed by atoms with Crippen molar-refractivity contribution in [3.8, 4) is 0 Å². The van der Waals surface area contributed by atoms with E-state index in [1.54, 1.807) is 19.4 Å². The largest absolute Gasteiger partial charge is 0.465 e. The van der Waals surface area contributed by atoms with Crippen molar-refractivity contribution >= 4 is 15.9 Å². The molecule has 0 bridgehead atoms. The zero-order chi connectivity index (χ0) is 12.3. The lowest BCUT2D eigenvalue weighted by molar-refractivity contribution is -0.0641. The average molecular weight is 303 g/mol. The molecule has 2 unspecified atom stereocenters.